The molecule has 1 aromatic carbocycles. The molecule has 0 unspecified atom stereocenters. The van der Waals surface area contributed by atoms with Crippen LogP contribution in [0.1, 0.15) is 37.2 Å². The Balaban J connectivity index is 1.71. The molecular formula is C18H22N4O3S. The Morgan fingerprint density at radius 1 is 1.08 bits per heavy atom. The lowest BCUT2D eigenvalue weighted by atomic mass is 10.1. The third-order valence-electron chi connectivity index (χ3n) is 4.36. The van der Waals surface area contributed by atoms with Crippen LogP contribution in [0.4, 0.5) is 11.5 Å². The zero-order chi connectivity index (χ0) is 18.7. The van der Waals surface area contributed by atoms with Crippen LogP contribution in [-0.2, 0) is 14.8 Å². The first-order valence-electron chi connectivity index (χ1n) is 8.59. The van der Waals surface area contributed by atoms with E-state index < -0.39 is 10.0 Å². The van der Waals surface area contributed by atoms with E-state index in [0.29, 0.717) is 17.2 Å². The number of aryl methyl sites for hydroxylation is 2. The summed E-state index contributed by atoms with van der Waals surface area (Å²) in [5.74, 6) is 0.786. The second-order valence-corrected chi connectivity index (χ2v) is 8.22. The number of anilines is 2. The first kappa shape index (κ1) is 18.3. The number of benzene rings is 1. The molecule has 138 valence electrons. The van der Waals surface area contributed by atoms with Crippen molar-refractivity contribution < 1.29 is 13.2 Å². The molecule has 2 N–H and O–H groups in total. The molecule has 1 saturated carbocycles. The molecule has 2 aromatic rings. The van der Waals surface area contributed by atoms with Crippen LogP contribution in [-0.4, -0.2) is 24.3 Å². The van der Waals surface area contributed by atoms with Crippen LogP contribution in [0, 0.1) is 19.8 Å². The van der Waals surface area contributed by atoms with Crippen molar-refractivity contribution in [1.82, 2.24) is 9.97 Å². The number of hydrogen-bond acceptors (Lipinski definition) is 5. The highest BCUT2D eigenvalue weighted by molar-refractivity contribution is 7.92. The fourth-order valence-electron chi connectivity index (χ4n) is 3.12. The number of nitrogens with zero attached hydrogens (tertiary/aromatic N) is 2. The van der Waals surface area contributed by atoms with E-state index in [2.05, 4.69) is 20.0 Å². The number of hydrogen-bond donors (Lipinski definition) is 2. The average Bonchev–Trinajstić information content (AvgIpc) is 3.08. The molecule has 26 heavy (non-hydrogen) atoms. The van der Waals surface area contributed by atoms with Crippen molar-refractivity contribution >= 4 is 27.4 Å². The Morgan fingerprint density at radius 2 is 1.73 bits per heavy atom. The van der Waals surface area contributed by atoms with Crippen LogP contribution >= 0.6 is 0 Å². The second kappa shape index (κ2) is 7.41. The molecule has 0 saturated heterocycles. The van der Waals surface area contributed by atoms with Gasteiger partial charge in [-0.05, 0) is 51.0 Å². The molecule has 1 heterocycles. The zero-order valence-corrected chi connectivity index (χ0v) is 15.6. The van der Waals surface area contributed by atoms with Gasteiger partial charge in [-0.25, -0.2) is 18.4 Å². The monoisotopic (exact) mass is 374 g/mol. The summed E-state index contributed by atoms with van der Waals surface area (Å²) in [7, 11) is -3.76. The van der Waals surface area contributed by atoms with Crippen molar-refractivity contribution in [3.05, 3.63) is 41.9 Å². The van der Waals surface area contributed by atoms with E-state index in [1.165, 1.54) is 12.1 Å². The molecule has 0 radical (unpaired) electrons. The summed E-state index contributed by atoms with van der Waals surface area (Å²) in [5, 5.41) is 2.85. The van der Waals surface area contributed by atoms with Crippen LogP contribution in [0.5, 0.6) is 0 Å². The summed E-state index contributed by atoms with van der Waals surface area (Å²) in [4.78, 5) is 20.5. The van der Waals surface area contributed by atoms with E-state index in [1.54, 1.807) is 32.0 Å². The molecule has 1 fully saturated rings. The van der Waals surface area contributed by atoms with E-state index in [9.17, 15) is 13.2 Å². The summed E-state index contributed by atoms with van der Waals surface area (Å²) < 4.78 is 27.5. The summed E-state index contributed by atoms with van der Waals surface area (Å²) in [6.07, 6.45) is 4.01. The quantitative estimate of drug-likeness (QED) is 0.838. The fourth-order valence-corrected chi connectivity index (χ4v) is 4.11. The molecule has 0 bridgehead atoms. The summed E-state index contributed by atoms with van der Waals surface area (Å²) >= 11 is 0. The van der Waals surface area contributed by atoms with Crippen molar-refractivity contribution in [2.24, 2.45) is 5.92 Å². The van der Waals surface area contributed by atoms with Crippen molar-refractivity contribution in [3.63, 3.8) is 0 Å². The molecule has 1 amide bonds. The third-order valence-corrected chi connectivity index (χ3v) is 5.73. The maximum atomic E-state index is 12.5. The minimum Gasteiger partial charge on any atom is -0.326 e. The van der Waals surface area contributed by atoms with E-state index in [1.807, 2.05) is 0 Å². The predicted octanol–water partition coefficient (Wildman–Crippen LogP) is 3.02. The Hall–Kier alpha value is -2.48. The Kier molecular flexibility index (Phi) is 5.22. The van der Waals surface area contributed by atoms with Crippen molar-refractivity contribution in [3.8, 4) is 0 Å². The number of amides is 1. The lowest BCUT2D eigenvalue weighted by Crippen LogP contribution is -2.20. The van der Waals surface area contributed by atoms with Crippen molar-refractivity contribution in [2.45, 2.75) is 44.4 Å². The molecule has 8 heteroatoms. The van der Waals surface area contributed by atoms with Crippen LogP contribution in [0.2, 0.25) is 0 Å². The molecular weight excluding hydrogens is 352 g/mol. The Labute approximate surface area is 153 Å². The van der Waals surface area contributed by atoms with Crippen molar-refractivity contribution in [2.75, 3.05) is 10.0 Å². The molecule has 0 spiro atoms. The molecule has 7 nitrogen and oxygen atoms in total. The van der Waals surface area contributed by atoms with Gasteiger partial charge in [0.1, 0.15) is 11.6 Å². The minimum atomic E-state index is -3.76. The van der Waals surface area contributed by atoms with Crippen LogP contribution < -0.4 is 10.0 Å². The van der Waals surface area contributed by atoms with Gasteiger partial charge in [-0.1, -0.05) is 12.8 Å². The number of aromatic nitrogens is 2. The highest BCUT2D eigenvalue weighted by Gasteiger charge is 2.23. The number of nitrogens with one attached hydrogen (secondary N) is 2. The zero-order valence-electron chi connectivity index (χ0n) is 14.8. The molecule has 1 aliphatic carbocycles. The first-order valence-corrected chi connectivity index (χ1v) is 10.1. The lowest BCUT2D eigenvalue weighted by Gasteiger charge is -2.12. The van der Waals surface area contributed by atoms with Gasteiger partial charge in [0.05, 0.1) is 4.90 Å². The average molecular weight is 374 g/mol. The van der Waals surface area contributed by atoms with Gasteiger partial charge in [0.2, 0.25) is 5.91 Å². The molecule has 3 rings (SSSR count). The van der Waals surface area contributed by atoms with Gasteiger partial charge in [-0.15, -0.1) is 0 Å². The minimum absolute atomic E-state index is 0.00293. The number of rotatable bonds is 5. The summed E-state index contributed by atoms with van der Waals surface area (Å²) in [6, 6.07) is 7.69. The number of carbonyl (C=O) groups is 1. The molecule has 1 aliphatic rings. The second-order valence-electron chi connectivity index (χ2n) is 6.54. The number of sulfonamides is 1. The van der Waals surface area contributed by atoms with Gasteiger partial charge in [-0.3, -0.25) is 9.52 Å². The van der Waals surface area contributed by atoms with E-state index in [-0.39, 0.29) is 22.5 Å². The highest BCUT2D eigenvalue weighted by atomic mass is 32.2. The third kappa shape index (κ3) is 4.37. The van der Waals surface area contributed by atoms with E-state index >= 15 is 0 Å². The van der Waals surface area contributed by atoms with E-state index in [0.717, 1.165) is 25.7 Å². The largest absolute Gasteiger partial charge is 0.326 e. The normalized spacial score (nSPS) is 15.0. The van der Waals surface area contributed by atoms with Crippen molar-refractivity contribution in [1.29, 1.82) is 0 Å². The van der Waals surface area contributed by atoms with Gasteiger partial charge in [-0.2, -0.15) is 0 Å². The smallest absolute Gasteiger partial charge is 0.263 e. The molecule has 0 atom stereocenters. The lowest BCUT2D eigenvalue weighted by molar-refractivity contribution is -0.119. The maximum Gasteiger partial charge on any atom is 0.263 e. The highest BCUT2D eigenvalue weighted by Crippen LogP contribution is 2.26. The molecule has 0 aliphatic heterocycles. The standard InChI is InChI=1S/C18H22N4O3S/c1-12-11-17(20-13(2)19-12)22-26(24,25)16-9-7-15(8-10-16)21-18(23)14-5-3-4-6-14/h7-11,14H,3-6H2,1-2H3,(H,21,23)(H,19,20,22). The summed E-state index contributed by atoms with van der Waals surface area (Å²) in [5.41, 5.74) is 1.27. The maximum absolute atomic E-state index is 12.5. The number of carbonyl (C=O) groups excluding carboxylic acids is 1. The van der Waals surface area contributed by atoms with Crippen LogP contribution in [0.15, 0.2) is 35.2 Å². The topological polar surface area (TPSA) is 101 Å². The van der Waals surface area contributed by atoms with Gasteiger partial charge < -0.3 is 5.32 Å². The van der Waals surface area contributed by atoms with Crippen LogP contribution in [0.3, 0.4) is 0 Å². The van der Waals surface area contributed by atoms with Gasteiger partial charge in [0.15, 0.2) is 0 Å². The first-order chi connectivity index (χ1) is 12.3. The Morgan fingerprint density at radius 3 is 2.35 bits per heavy atom. The SMILES string of the molecule is Cc1cc(NS(=O)(=O)c2ccc(NC(=O)C3CCCC3)cc2)nc(C)n1. The van der Waals surface area contributed by atoms with Gasteiger partial charge in [0, 0.05) is 23.4 Å². The predicted molar refractivity (Wildman–Crippen MR) is 99.3 cm³/mol. The van der Waals surface area contributed by atoms with Gasteiger partial charge >= 0.3 is 0 Å². The summed E-state index contributed by atoms with van der Waals surface area (Å²) in [6.45, 7) is 3.47. The molecule has 1 aromatic heterocycles. The van der Waals surface area contributed by atoms with E-state index in [4.69, 9.17) is 0 Å². The Bertz CT molecular complexity index is 884. The fraction of sp³-hybridized carbons (Fsp3) is 0.389. The van der Waals surface area contributed by atoms with Crippen LogP contribution in [0.25, 0.3) is 0 Å². The van der Waals surface area contributed by atoms with Gasteiger partial charge in [0.25, 0.3) is 10.0 Å².